The van der Waals surface area contributed by atoms with Crippen LogP contribution in [-0.2, 0) is 10.3 Å². The van der Waals surface area contributed by atoms with E-state index >= 15 is 0 Å². The summed E-state index contributed by atoms with van der Waals surface area (Å²) in [5, 5.41) is 3.07. The van der Waals surface area contributed by atoms with Gasteiger partial charge >= 0.3 is 8.18 Å². The standard InChI is InChI=1S/C10H11ClNO2PS/c1-8(6-12-15(13)14)16-7-9-2-4-10(11)5-3-9/h2-6H,7H2,1H3,(H-,12,13,14)/p+1. The Morgan fingerprint density at radius 2 is 2.19 bits per heavy atom. The normalized spacial score (nSPS) is 12.4. The molecule has 0 aliphatic rings. The summed E-state index contributed by atoms with van der Waals surface area (Å²) < 4.78 is 10.4. The lowest BCUT2D eigenvalue weighted by molar-refractivity contribution is 0.497. The van der Waals surface area contributed by atoms with Gasteiger partial charge in [-0.05, 0) is 29.2 Å². The average Bonchev–Trinajstić information content (AvgIpc) is 2.25. The molecular formula is C10H12ClNO2PS+. The summed E-state index contributed by atoms with van der Waals surface area (Å²) in [6, 6.07) is 7.61. The van der Waals surface area contributed by atoms with Crippen LogP contribution in [0.25, 0.3) is 0 Å². The number of nitrogens with one attached hydrogen (secondary N) is 1. The van der Waals surface area contributed by atoms with Crippen molar-refractivity contribution in [2.45, 2.75) is 12.7 Å². The molecule has 3 nitrogen and oxygen atoms in total. The number of allylic oxidation sites excluding steroid dienone is 1. The molecule has 6 heteroatoms. The number of rotatable bonds is 5. The van der Waals surface area contributed by atoms with Gasteiger partial charge in [-0.3, -0.25) is 0 Å². The predicted molar refractivity (Wildman–Crippen MR) is 69.5 cm³/mol. The minimum Gasteiger partial charge on any atom is -0.157 e. The Labute approximate surface area is 105 Å². The van der Waals surface area contributed by atoms with Crippen molar-refractivity contribution in [3.63, 3.8) is 0 Å². The average molecular weight is 277 g/mol. The molecule has 1 aromatic rings. The SMILES string of the molecule is CC(=CN[P+](=O)O)SCc1ccc(Cl)cc1. The largest absolute Gasteiger partial charge is 0.639 e. The second kappa shape index (κ2) is 6.92. The Hall–Kier alpha value is -0.540. The molecule has 1 aromatic carbocycles. The van der Waals surface area contributed by atoms with Crippen molar-refractivity contribution in [1.82, 2.24) is 5.09 Å². The molecule has 1 unspecified atom stereocenters. The van der Waals surface area contributed by atoms with E-state index in [1.807, 2.05) is 31.2 Å². The van der Waals surface area contributed by atoms with Crippen molar-refractivity contribution in [2.24, 2.45) is 0 Å². The van der Waals surface area contributed by atoms with Crippen molar-refractivity contribution in [1.29, 1.82) is 0 Å². The lowest BCUT2D eigenvalue weighted by Crippen LogP contribution is -1.90. The van der Waals surface area contributed by atoms with E-state index < -0.39 is 8.18 Å². The van der Waals surface area contributed by atoms with Gasteiger partial charge in [0.1, 0.15) is 0 Å². The van der Waals surface area contributed by atoms with Crippen molar-refractivity contribution < 1.29 is 9.46 Å². The highest BCUT2D eigenvalue weighted by Gasteiger charge is 2.04. The van der Waals surface area contributed by atoms with Crippen molar-refractivity contribution in [3.05, 3.63) is 46.0 Å². The lowest BCUT2D eigenvalue weighted by Gasteiger charge is -2.01. The fourth-order valence-corrected chi connectivity index (χ4v) is 2.21. The van der Waals surface area contributed by atoms with Gasteiger partial charge in [-0.15, -0.1) is 16.7 Å². The third-order valence-corrected chi connectivity index (χ3v) is 3.41. The molecule has 0 aromatic heterocycles. The van der Waals surface area contributed by atoms with Gasteiger partial charge in [-0.1, -0.05) is 23.7 Å². The maximum atomic E-state index is 10.4. The van der Waals surface area contributed by atoms with Crippen LogP contribution in [0.1, 0.15) is 12.5 Å². The first-order valence-corrected chi connectivity index (χ1v) is 7.12. The molecule has 0 aliphatic carbocycles. The zero-order valence-corrected chi connectivity index (χ0v) is 11.1. The predicted octanol–water partition coefficient (Wildman–Crippen LogP) is 3.67. The van der Waals surface area contributed by atoms with Crippen LogP contribution in [0.15, 0.2) is 35.4 Å². The molecule has 0 amide bonds. The molecule has 16 heavy (non-hydrogen) atoms. The van der Waals surface area contributed by atoms with E-state index in [0.717, 1.165) is 21.2 Å². The fraction of sp³-hybridized carbons (Fsp3) is 0.200. The Bertz CT molecular complexity index is 394. The van der Waals surface area contributed by atoms with Gasteiger partial charge in [-0.25, -0.2) is 0 Å². The molecule has 0 fully saturated rings. The van der Waals surface area contributed by atoms with Crippen LogP contribution in [0.3, 0.4) is 0 Å². The molecule has 86 valence electrons. The molecular weight excluding hydrogens is 265 g/mol. The molecule has 1 rings (SSSR count). The molecule has 0 bridgehead atoms. The van der Waals surface area contributed by atoms with E-state index in [1.165, 1.54) is 0 Å². The number of benzene rings is 1. The van der Waals surface area contributed by atoms with E-state index in [-0.39, 0.29) is 0 Å². The number of thioether (sulfide) groups is 1. The summed E-state index contributed by atoms with van der Waals surface area (Å²) in [5.74, 6) is 0.809. The Balaban J connectivity index is 2.42. The van der Waals surface area contributed by atoms with Gasteiger partial charge < -0.3 is 0 Å². The van der Waals surface area contributed by atoms with Gasteiger partial charge in [0, 0.05) is 15.7 Å². The summed E-state index contributed by atoms with van der Waals surface area (Å²) in [6.07, 6.45) is 1.54. The van der Waals surface area contributed by atoms with Crippen LogP contribution in [0.2, 0.25) is 5.02 Å². The van der Waals surface area contributed by atoms with Crippen molar-refractivity contribution >= 4 is 31.5 Å². The molecule has 0 saturated heterocycles. The summed E-state index contributed by atoms with van der Waals surface area (Å²) >= 11 is 7.36. The molecule has 2 N–H and O–H groups in total. The summed E-state index contributed by atoms with van der Waals surface area (Å²) in [5.41, 5.74) is 1.16. The molecule has 0 saturated carbocycles. The number of halogens is 1. The van der Waals surface area contributed by atoms with Crippen LogP contribution < -0.4 is 5.09 Å². The van der Waals surface area contributed by atoms with E-state index in [1.54, 1.807) is 18.0 Å². The smallest absolute Gasteiger partial charge is 0.157 e. The molecule has 0 spiro atoms. The second-order valence-electron chi connectivity index (χ2n) is 3.07. The van der Waals surface area contributed by atoms with E-state index in [0.29, 0.717) is 0 Å². The van der Waals surface area contributed by atoms with E-state index in [4.69, 9.17) is 16.5 Å². The minimum atomic E-state index is -2.31. The summed E-state index contributed by atoms with van der Waals surface area (Å²) in [7, 11) is -2.31. The van der Waals surface area contributed by atoms with Crippen LogP contribution in [0.4, 0.5) is 0 Å². The monoisotopic (exact) mass is 276 g/mol. The topological polar surface area (TPSA) is 49.3 Å². The third-order valence-electron chi connectivity index (χ3n) is 1.76. The summed E-state index contributed by atoms with van der Waals surface area (Å²) in [4.78, 5) is 9.50. The fourth-order valence-electron chi connectivity index (χ4n) is 0.966. The number of hydrogen-bond acceptors (Lipinski definition) is 2. The first-order valence-electron chi connectivity index (χ1n) is 4.54. The Morgan fingerprint density at radius 3 is 2.75 bits per heavy atom. The van der Waals surface area contributed by atoms with Gasteiger partial charge in [0.05, 0.1) is 6.20 Å². The van der Waals surface area contributed by atoms with Gasteiger partial charge in [-0.2, -0.15) is 5.09 Å². The van der Waals surface area contributed by atoms with E-state index in [2.05, 4.69) is 5.09 Å². The highest BCUT2D eigenvalue weighted by atomic mass is 35.5. The van der Waals surface area contributed by atoms with Gasteiger partial charge in [0.2, 0.25) is 0 Å². The second-order valence-corrected chi connectivity index (χ2v) is 5.53. The first-order chi connectivity index (χ1) is 7.58. The highest BCUT2D eigenvalue weighted by molar-refractivity contribution is 8.02. The molecule has 0 radical (unpaired) electrons. The van der Waals surface area contributed by atoms with Crippen LogP contribution in [-0.4, -0.2) is 4.89 Å². The highest BCUT2D eigenvalue weighted by Crippen LogP contribution is 2.22. The molecule has 0 heterocycles. The zero-order chi connectivity index (χ0) is 12.0. The van der Waals surface area contributed by atoms with Crippen LogP contribution in [0, 0.1) is 0 Å². The first kappa shape index (κ1) is 13.5. The van der Waals surface area contributed by atoms with Crippen molar-refractivity contribution in [2.75, 3.05) is 0 Å². The lowest BCUT2D eigenvalue weighted by atomic mass is 10.2. The maximum absolute atomic E-state index is 10.4. The Kier molecular flexibility index (Phi) is 5.85. The third kappa shape index (κ3) is 5.52. The molecule has 0 aliphatic heterocycles. The Morgan fingerprint density at radius 1 is 1.56 bits per heavy atom. The van der Waals surface area contributed by atoms with Crippen LogP contribution in [0.5, 0.6) is 0 Å². The van der Waals surface area contributed by atoms with Gasteiger partial charge in [0.15, 0.2) is 0 Å². The summed E-state index contributed by atoms with van der Waals surface area (Å²) in [6.45, 7) is 1.88. The molecule has 1 atom stereocenters. The van der Waals surface area contributed by atoms with E-state index in [9.17, 15) is 4.57 Å². The maximum Gasteiger partial charge on any atom is 0.639 e. The van der Waals surface area contributed by atoms with Crippen molar-refractivity contribution in [3.8, 4) is 0 Å². The minimum absolute atomic E-state index is 0.722. The quantitative estimate of drug-likeness (QED) is 0.806. The number of hydrogen-bond donors (Lipinski definition) is 2. The zero-order valence-electron chi connectivity index (χ0n) is 8.68. The van der Waals surface area contributed by atoms with Gasteiger partial charge in [0.25, 0.3) is 0 Å². The van der Waals surface area contributed by atoms with Crippen LogP contribution >= 0.6 is 31.5 Å².